The van der Waals surface area contributed by atoms with E-state index >= 15 is 0 Å². The summed E-state index contributed by atoms with van der Waals surface area (Å²) in [5.74, 6) is 0. The molecule has 2 rings (SSSR count). The van der Waals surface area contributed by atoms with E-state index in [2.05, 4.69) is 59.8 Å². The maximum absolute atomic E-state index is 6.48. The van der Waals surface area contributed by atoms with Gasteiger partial charge in [0.1, 0.15) is 0 Å². The molecule has 1 N–H and O–H groups in total. The highest BCUT2D eigenvalue weighted by molar-refractivity contribution is 7.09. The Morgan fingerprint density at radius 1 is 1.35 bits per heavy atom. The minimum atomic E-state index is 0.314. The van der Waals surface area contributed by atoms with Crippen molar-refractivity contribution in [1.82, 2.24) is 5.32 Å². The summed E-state index contributed by atoms with van der Waals surface area (Å²) in [6, 6.07) is 10.9. The molecule has 0 aliphatic heterocycles. The quantitative estimate of drug-likeness (QED) is 0.831. The van der Waals surface area contributed by atoms with Gasteiger partial charge in [-0.1, -0.05) is 23.7 Å². The number of hydrogen-bond donors (Lipinski definition) is 1. The standard InChI is InChI=1S/C16H21ClN2S/c1-4-19(11-14-6-5-9-20-14)16-8-7-13(10-15(16)17)12(2)18-3/h5-10,12,18H,4,11H2,1-3H3. The largest absolute Gasteiger partial charge is 0.365 e. The van der Waals surface area contributed by atoms with Gasteiger partial charge >= 0.3 is 0 Å². The summed E-state index contributed by atoms with van der Waals surface area (Å²) < 4.78 is 0. The Morgan fingerprint density at radius 3 is 2.70 bits per heavy atom. The molecule has 0 amide bonds. The lowest BCUT2D eigenvalue weighted by Crippen LogP contribution is -2.22. The molecule has 0 saturated carbocycles. The molecule has 2 aromatic rings. The van der Waals surface area contributed by atoms with E-state index in [0.717, 1.165) is 23.8 Å². The Morgan fingerprint density at radius 2 is 2.15 bits per heavy atom. The van der Waals surface area contributed by atoms with E-state index in [9.17, 15) is 0 Å². The van der Waals surface area contributed by atoms with Gasteiger partial charge in [-0.2, -0.15) is 0 Å². The first-order valence-electron chi connectivity index (χ1n) is 6.89. The number of nitrogens with one attached hydrogen (secondary N) is 1. The third-order valence-electron chi connectivity index (χ3n) is 3.55. The molecule has 0 saturated heterocycles. The molecule has 20 heavy (non-hydrogen) atoms. The molecule has 0 fully saturated rings. The molecule has 2 nitrogen and oxygen atoms in total. The van der Waals surface area contributed by atoms with Crippen molar-refractivity contribution >= 4 is 28.6 Å². The van der Waals surface area contributed by atoms with Crippen molar-refractivity contribution < 1.29 is 0 Å². The highest BCUT2D eigenvalue weighted by Crippen LogP contribution is 2.30. The smallest absolute Gasteiger partial charge is 0.0643 e. The Kier molecular flexibility index (Phi) is 5.46. The molecule has 0 bridgehead atoms. The summed E-state index contributed by atoms with van der Waals surface area (Å²) in [6.07, 6.45) is 0. The zero-order chi connectivity index (χ0) is 14.5. The second kappa shape index (κ2) is 7.11. The molecular weight excluding hydrogens is 288 g/mol. The van der Waals surface area contributed by atoms with Gasteiger partial charge in [0.25, 0.3) is 0 Å². The average molecular weight is 309 g/mol. The highest BCUT2D eigenvalue weighted by atomic mass is 35.5. The first-order valence-corrected chi connectivity index (χ1v) is 8.15. The number of rotatable bonds is 6. The summed E-state index contributed by atoms with van der Waals surface area (Å²) >= 11 is 8.26. The minimum Gasteiger partial charge on any atom is -0.365 e. The van der Waals surface area contributed by atoms with Gasteiger partial charge in [-0.05, 0) is 50.0 Å². The van der Waals surface area contributed by atoms with Crippen LogP contribution in [0.5, 0.6) is 0 Å². The minimum absolute atomic E-state index is 0.314. The predicted molar refractivity (Wildman–Crippen MR) is 90.0 cm³/mol. The van der Waals surface area contributed by atoms with Crippen molar-refractivity contribution in [3.8, 4) is 0 Å². The topological polar surface area (TPSA) is 15.3 Å². The van der Waals surface area contributed by atoms with Gasteiger partial charge in [-0.25, -0.2) is 0 Å². The summed E-state index contributed by atoms with van der Waals surface area (Å²) in [5.41, 5.74) is 2.32. The Balaban J connectivity index is 2.21. The number of thiophene rings is 1. The van der Waals surface area contributed by atoms with Crippen LogP contribution in [0.2, 0.25) is 5.02 Å². The molecule has 0 spiro atoms. The molecule has 1 aromatic heterocycles. The highest BCUT2D eigenvalue weighted by Gasteiger charge is 2.12. The molecule has 1 aromatic carbocycles. The number of benzene rings is 1. The van der Waals surface area contributed by atoms with Crippen LogP contribution in [-0.2, 0) is 6.54 Å². The SMILES string of the molecule is CCN(Cc1cccs1)c1ccc(C(C)NC)cc1Cl. The van der Waals surface area contributed by atoms with Gasteiger partial charge in [-0.15, -0.1) is 11.3 Å². The third kappa shape index (κ3) is 3.54. The molecule has 108 valence electrons. The summed E-state index contributed by atoms with van der Waals surface area (Å²) in [7, 11) is 1.96. The zero-order valence-electron chi connectivity index (χ0n) is 12.2. The molecular formula is C16H21ClN2S. The second-order valence-electron chi connectivity index (χ2n) is 4.81. The summed E-state index contributed by atoms with van der Waals surface area (Å²) in [6.45, 7) is 6.15. The van der Waals surface area contributed by atoms with Crippen molar-refractivity contribution in [1.29, 1.82) is 0 Å². The van der Waals surface area contributed by atoms with E-state index in [1.807, 2.05) is 7.05 Å². The lowest BCUT2D eigenvalue weighted by molar-refractivity contribution is 0.652. The van der Waals surface area contributed by atoms with E-state index in [4.69, 9.17) is 11.6 Å². The maximum Gasteiger partial charge on any atom is 0.0643 e. The van der Waals surface area contributed by atoms with Crippen molar-refractivity contribution in [2.75, 3.05) is 18.5 Å². The van der Waals surface area contributed by atoms with Crippen molar-refractivity contribution in [3.05, 3.63) is 51.2 Å². The van der Waals surface area contributed by atoms with Crippen LogP contribution in [0.4, 0.5) is 5.69 Å². The molecule has 0 aliphatic carbocycles. The predicted octanol–water partition coefficient (Wildman–Crippen LogP) is 4.71. The van der Waals surface area contributed by atoms with E-state index in [1.165, 1.54) is 10.4 Å². The van der Waals surface area contributed by atoms with E-state index in [1.54, 1.807) is 11.3 Å². The second-order valence-corrected chi connectivity index (χ2v) is 6.25. The van der Waals surface area contributed by atoms with Crippen LogP contribution in [0, 0.1) is 0 Å². The number of anilines is 1. The van der Waals surface area contributed by atoms with Crippen LogP contribution in [0.15, 0.2) is 35.7 Å². The van der Waals surface area contributed by atoms with Gasteiger partial charge < -0.3 is 10.2 Å². The first-order chi connectivity index (χ1) is 9.65. The van der Waals surface area contributed by atoms with Crippen LogP contribution in [0.25, 0.3) is 0 Å². The van der Waals surface area contributed by atoms with E-state index in [0.29, 0.717) is 6.04 Å². The number of hydrogen-bond acceptors (Lipinski definition) is 3. The molecule has 4 heteroatoms. The van der Waals surface area contributed by atoms with E-state index in [-0.39, 0.29) is 0 Å². The summed E-state index contributed by atoms with van der Waals surface area (Å²) in [5, 5.41) is 6.17. The maximum atomic E-state index is 6.48. The molecule has 1 heterocycles. The van der Waals surface area contributed by atoms with Crippen molar-refractivity contribution in [2.24, 2.45) is 0 Å². The average Bonchev–Trinajstić information content (AvgIpc) is 2.97. The van der Waals surface area contributed by atoms with Crippen molar-refractivity contribution in [3.63, 3.8) is 0 Å². The van der Waals surface area contributed by atoms with Gasteiger partial charge in [0.2, 0.25) is 0 Å². The monoisotopic (exact) mass is 308 g/mol. The fraction of sp³-hybridized carbons (Fsp3) is 0.375. The normalized spacial score (nSPS) is 12.4. The molecule has 0 aliphatic rings. The van der Waals surface area contributed by atoms with Crippen LogP contribution in [0.3, 0.4) is 0 Å². The zero-order valence-corrected chi connectivity index (χ0v) is 13.8. The van der Waals surface area contributed by atoms with Gasteiger partial charge in [0.05, 0.1) is 17.3 Å². The first kappa shape index (κ1) is 15.4. The third-order valence-corrected chi connectivity index (χ3v) is 4.72. The van der Waals surface area contributed by atoms with Crippen LogP contribution in [0.1, 0.15) is 30.3 Å². The van der Waals surface area contributed by atoms with Gasteiger partial charge in [0.15, 0.2) is 0 Å². The van der Waals surface area contributed by atoms with Crippen LogP contribution < -0.4 is 10.2 Å². The van der Waals surface area contributed by atoms with Crippen LogP contribution >= 0.6 is 22.9 Å². The van der Waals surface area contributed by atoms with Gasteiger partial charge in [-0.3, -0.25) is 0 Å². The Labute approximate surface area is 130 Å². The van der Waals surface area contributed by atoms with E-state index < -0.39 is 0 Å². The lowest BCUT2D eigenvalue weighted by Gasteiger charge is -2.24. The number of halogens is 1. The molecule has 1 atom stereocenters. The van der Waals surface area contributed by atoms with Crippen molar-refractivity contribution in [2.45, 2.75) is 26.4 Å². The lowest BCUT2D eigenvalue weighted by atomic mass is 10.1. The summed E-state index contributed by atoms with van der Waals surface area (Å²) in [4.78, 5) is 3.66. The molecule has 1 unspecified atom stereocenters. The Hall–Kier alpha value is -1.03. The Bertz CT molecular complexity index is 539. The fourth-order valence-electron chi connectivity index (χ4n) is 2.17. The van der Waals surface area contributed by atoms with Crippen LogP contribution in [-0.4, -0.2) is 13.6 Å². The molecule has 0 radical (unpaired) electrons. The fourth-order valence-corrected chi connectivity index (χ4v) is 3.20. The van der Waals surface area contributed by atoms with Gasteiger partial charge in [0, 0.05) is 17.5 Å². The number of nitrogens with zero attached hydrogens (tertiary/aromatic N) is 1.